The first-order valence-corrected chi connectivity index (χ1v) is 6.55. The third-order valence-electron chi connectivity index (χ3n) is 3.05. The zero-order valence-corrected chi connectivity index (χ0v) is 11.9. The van der Waals surface area contributed by atoms with Crippen molar-refractivity contribution in [2.24, 2.45) is 0 Å². The van der Waals surface area contributed by atoms with Crippen LogP contribution in [0, 0.1) is 13.8 Å². The second-order valence-corrected chi connectivity index (χ2v) is 5.07. The van der Waals surface area contributed by atoms with Crippen molar-refractivity contribution in [2.75, 3.05) is 5.32 Å². The molecule has 0 radical (unpaired) electrons. The Labute approximate surface area is 114 Å². The summed E-state index contributed by atoms with van der Waals surface area (Å²) in [6.45, 7) is 9.04. The van der Waals surface area contributed by atoms with Gasteiger partial charge in [0.1, 0.15) is 0 Å². The number of pyridine rings is 1. The van der Waals surface area contributed by atoms with E-state index in [2.05, 4.69) is 41.0 Å². The molecule has 2 rings (SSSR count). The lowest BCUT2D eigenvalue weighted by atomic mass is 10.1. The van der Waals surface area contributed by atoms with E-state index in [9.17, 15) is 0 Å². The zero-order chi connectivity index (χ0) is 13.8. The standard InChI is InChI=1S/C15H20N4/c1-10(2)14-7-12(4)18-15(19-14)17-9-13-8-16-6-5-11(13)3/h5-8,10H,9H2,1-4H3,(H,17,18,19). The molecule has 0 aliphatic heterocycles. The average Bonchev–Trinajstić information content (AvgIpc) is 2.37. The molecule has 19 heavy (non-hydrogen) atoms. The van der Waals surface area contributed by atoms with Gasteiger partial charge in [-0.05, 0) is 43.0 Å². The minimum Gasteiger partial charge on any atom is -0.350 e. The third kappa shape index (κ3) is 3.50. The number of aryl methyl sites for hydroxylation is 2. The molecule has 0 saturated carbocycles. The van der Waals surface area contributed by atoms with Gasteiger partial charge in [0.25, 0.3) is 0 Å². The van der Waals surface area contributed by atoms with Crippen molar-refractivity contribution < 1.29 is 0 Å². The van der Waals surface area contributed by atoms with Crippen molar-refractivity contribution in [3.05, 3.63) is 47.0 Å². The van der Waals surface area contributed by atoms with Gasteiger partial charge < -0.3 is 5.32 Å². The fraction of sp³-hybridized carbons (Fsp3) is 0.400. The molecule has 1 N–H and O–H groups in total. The quantitative estimate of drug-likeness (QED) is 0.912. The topological polar surface area (TPSA) is 50.7 Å². The molecular formula is C15H20N4. The van der Waals surface area contributed by atoms with E-state index in [1.54, 1.807) is 6.20 Å². The normalized spacial score (nSPS) is 10.8. The lowest BCUT2D eigenvalue weighted by molar-refractivity contribution is 0.808. The van der Waals surface area contributed by atoms with Crippen LogP contribution in [0.3, 0.4) is 0 Å². The minimum atomic E-state index is 0.405. The summed E-state index contributed by atoms with van der Waals surface area (Å²) in [6.07, 6.45) is 3.68. The molecule has 0 amide bonds. The third-order valence-corrected chi connectivity index (χ3v) is 3.05. The van der Waals surface area contributed by atoms with Gasteiger partial charge in [0.2, 0.25) is 5.95 Å². The van der Waals surface area contributed by atoms with Gasteiger partial charge >= 0.3 is 0 Å². The van der Waals surface area contributed by atoms with Gasteiger partial charge in [0.15, 0.2) is 0 Å². The second kappa shape index (κ2) is 5.78. The summed E-state index contributed by atoms with van der Waals surface area (Å²) in [6, 6.07) is 4.04. The van der Waals surface area contributed by atoms with E-state index in [-0.39, 0.29) is 0 Å². The van der Waals surface area contributed by atoms with E-state index in [0.29, 0.717) is 18.4 Å². The van der Waals surface area contributed by atoms with Crippen LogP contribution < -0.4 is 5.32 Å². The van der Waals surface area contributed by atoms with Crippen molar-refractivity contribution in [3.63, 3.8) is 0 Å². The van der Waals surface area contributed by atoms with E-state index in [1.807, 2.05) is 25.3 Å². The van der Waals surface area contributed by atoms with Crippen LogP contribution in [0.15, 0.2) is 24.5 Å². The summed E-state index contributed by atoms with van der Waals surface area (Å²) < 4.78 is 0. The largest absolute Gasteiger partial charge is 0.350 e. The lowest BCUT2D eigenvalue weighted by Crippen LogP contribution is -2.08. The number of nitrogens with zero attached hydrogens (tertiary/aromatic N) is 3. The maximum absolute atomic E-state index is 4.54. The molecular weight excluding hydrogens is 236 g/mol. The van der Waals surface area contributed by atoms with Gasteiger partial charge in [-0.25, -0.2) is 9.97 Å². The van der Waals surface area contributed by atoms with Crippen molar-refractivity contribution in [1.82, 2.24) is 15.0 Å². The number of hydrogen-bond acceptors (Lipinski definition) is 4. The second-order valence-electron chi connectivity index (χ2n) is 5.07. The highest BCUT2D eigenvalue weighted by atomic mass is 15.1. The van der Waals surface area contributed by atoms with Crippen molar-refractivity contribution in [3.8, 4) is 0 Å². The van der Waals surface area contributed by atoms with Crippen molar-refractivity contribution in [1.29, 1.82) is 0 Å². The first kappa shape index (κ1) is 13.5. The Bertz CT molecular complexity index is 564. The van der Waals surface area contributed by atoms with Gasteiger partial charge in [0.05, 0.1) is 0 Å². The molecule has 2 aromatic heterocycles. The zero-order valence-electron chi connectivity index (χ0n) is 11.9. The van der Waals surface area contributed by atoms with Gasteiger partial charge in [0, 0.05) is 30.3 Å². The van der Waals surface area contributed by atoms with Crippen LogP contribution in [-0.2, 0) is 6.54 Å². The van der Waals surface area contributed by atoms with Gasteiger partial charge in [-0.15, -0.1) is 0 Å². The molecule has 0 unspecified atom stereocenters. The molecule has 0 spiro atoms. The van der Waals surface area contributed by atoms with E-state index < -0.39 is 0 Å². The highest BCUT2D eigenvalue weighted by Gasteiger charge is 2.06. The number of aromatic nitrogens is 3. The highest BCUT2D eigenvalue weighted by Crippen LogP contribution is 2.15. The first-order chi connectivity index (χ1) is 9.06. The van der Waals surface area contributed by atoms with Gasteiger partial charge in [-0.1, -0.05) is 13.8 Å². The number of anilines is 1. The Morgan fingerprint density at radius 1 is 1.21 bits per heavy atom. The van der Waals surface area contributed by atoms with Crippen molar-refractivity contribution in [2.45, 2.75) is 40.2 Å². The van der Waals surface area contributed by atoms with Crippen LogP contribution in [0.25, 0.3) is 0 Å². The molecule has 0 aromatic carbocycles. The molecule has 0 saturated heterocycles. The Hall–Kier alpha value is -1.97. The summed E-state index contributed by atoms with van der Waals surface area (Å²) >= 11 is 0. The predicted molar refractivity (Wildman–Crippen MR) is 77.2 cm³/mol. The Kier molecular flexibility index (Phi) is 4.10. The van der Waals surface area contributed by atoms with Crippen LogP contribution in [0.4, 0.5) is 5.95 Å². The van der Waals surface area contributed by atoms with Crippen LogP contribution in [0.1, 0.15) is 42.3 Å². The minimum absolute atomic E-state index is 0.405. The number of nitrogens with one attached hydrogen (secondary N) is 1. The lowest BCUT2D eigenvalue weighted by Gasteiger charge is -2.11. The molecule has 4 heteroatoms. The number of hydrogen-bond donors (Lipinski definition) is 1. The Balaban J connectivity index is 2.14. The first-order valence-electron chi connectivity index (χ1n) is 6.55. The summed E-state index contributed by atoms with van der Waals surface area (Å²) in [5, 5.41) is 3.28. The van der Waals surface area contributed by atoms with Gasteiger partial charge in [-0.3, -0.25) is 4.98 Å². The summed E-state index contributed by atoms with van der Waals surface area (Å²) in [4.78, 5) is 13.1. The van der Waals surface area contributed by atoms with E-state index in [0.717, 1.165) is 11.4 Å². The molecule has 0 atom stereocenters. The van der Waals surface area contributed by atoms with Gasteiger partial charge in [-0.2, -0.15) is 0 Å². The monoisotopic (exact) mass is 256 g/mol. The van der Waals surface area contributed by atoms with Crippen molar-refractivity contribution >= 4 is 5.95 Å². The summed E-state index contributed by atoms with van der Waals surface area (Å²) in [5.41, 5.74) is 4.44. The van der Waals surface area contributed by atoms with Crippen LogP contribution in [-0.4, -0.2) is 15.0 Å². The van der Waals surface area contributed by atoms with Crippen LogP contribution >= 0.6 is 0 Å². The average molecular weight is 256 g/mol. The number of rotatable bonds is 4. The molecule has 4 nitrogen and oxygen atoms in total. The molecule has 0 aliphatic rings. The molecule has 0 fully saturated rings. The molecule has 2 heterocycles. The fourth-order valence-electron chi connectivity index (χ4n) is 1.82. The summed E-state index contributed by atoms with van der Waals surface area (Å²) in [5.74, 6) is 1.09. The predicted octanol–water partition coefficient (Wildman–Crippen LogP) is 3.22. The van der Waals surface area contributed by atoms with E-state index >= 15 is 0 Å². The highest BCUT2D eigenvalue weighted by molar-refractivity contribution is 5.32. The molecule has 0 bridgehead atoms. The Morgan fingerprint density at radius 2 is 2.00 bits per heavy atom. The molecule has 2 aromatic rings. The fourth-order valence-corrected chi connectivity index (χ4v) is 1.82. The smallest absolute Gasteiger partial charge is 0.223 e. The van der Waals surface area contributed by atoms with E-state index in [1.165, 1.54) is 11.1 Å². The SMILES string of the molecule is Cc1cc(C(C)C)nc(NCc2cnccc2C)n1. The van der Waals surface area contributed by atoms with Crippen LogP contribution in [0.5, 0.6) is 0 Å². The summed E-state index contributed by atoms with van der Waals surface area (Å²) in [7, 11) is 0. The molecule has 0 aliphatic carbocycles. The maximum Gasteiger partial charge on any atom is 0.223 e. The van der Waals surface area contributed by atoms with E-state index in [4.69, 9.17) is 0 Å². The molecule has 100 valence electrons. The maximum atomic E-state index is 4.54. The Morgan fingerprint density at radius 3 is 2.68 bits per heavy atom. The van der Waals surface area contributed by atoms with Crippen LogP contribution in [0.2, 0.25) is 0 Å².